The highest BCUT2D eigenvalue weighted by Gasteiger charge is 2.27. The maximum Gasteiger partial charge on any atom is 0.306 e. The number of H-pyrrole nitrogens is 1. The van der Waals surface area contributed by atoms with Gasteiger partial charge in [-0.05, 0) is 73.1 Å². The second-order valence-corrected chi connectivity index (χ2v) is 9.53. The molecule has 2 aromatic carbocycles. The number of aromatic amines is 1. The molecule has 1 aliphatic carbocycles. The molecule has 0 saturated heterocycles. The molecule has 0 spiro atoms. The Hall–Kier alpha value is -3.74. The van der Waals surface area contributed by atoms with E-state index in [-0.39, 0.29) is 17.8 Å². The number of aliphatic carboxylic acids is 1. The normalized spacial score (nSPS) is 18.2. The highest BCUT2D eigenvalue weighted by Crippen LogP contribution is 2.31. The van der Waals surface area contributed by atoms with Gasteiger partial charge in [0.1, 0.15) is 17.7 Å². The summed E-state index contributed by atoms with van der Waals surface area (Å²) in [4.78, 5) is 23.3. The Balaban J connectivity index is 1.30. The molecule has 1 aliphatic rings. The number of rotatable bonds is 6. The van der Waals surface area contributed by atoms with Crippen LogP contribution in [0.5, 0.6) is 5.88 Å². The van der Waals surface area contributed by atoms with Gasteiger partial charge in [0.2, 0.25) is 5.88 Å². The number of nitrogens with one attached hydrogen (secondary N) is 1. The molecule has 2 N–H and O–H groups in total. The summed E-state index contributed by atoms with van der Waals surface area (Å²) in [6.07, 6.45) is 4.28. The monoisotopic (exact) mass is 473 g/mol. The van der Waals surface area contributed by atoms with Crippen LogP contribution in [0.25, 0.3) is 33.5 Å². The highest BCUT2D eigenvalue weighted by molar-refractivity contribution is 5.81. The number of pyridine rings is 1. The van der Waals surface area contributed by atoms with E-state index >= 15 is 4.39 Å². The van der Waals surface area contributed by atoms with E-state index in [4.69, 9.17) is 9.84 Å². The molecule has 2 aromatic heterocycles. The Morgan fingerprint density at radius 3 is 2.49 bits per heavy atom. The number of hydrogen-bond acceptors (Lipinski definition) is 4. The Morgan fingerprint density at radius 2 is 1.83 bits per heavy atom. The number of nitrogens with zero attached hydrogens (tertiary/aromatic N) is 2. The molecule has 6 nitrogen and oxygen atoms in total. The fourth-order valence-electron chi connectivity index (χ4n) is 4.62. The van der Waals surface area contributed by atoms with E-state index in [9.17, 15) is 4.79 Å². The standard InChI is InChI=1S/C28H28FN3O3/c1-16(2)18-6-11-24-25(14-18)32-27(31-24)22-10-5-19(13-23(22)29)20-7-12-26(30-15-20)35-21-8-3-17(4-9-21)28(33)34/h5-7,10-17,21H,3-4,8-9H2,1-2H3,(H,31,32)(H,33,34). The SMILES string of the molecule is CC(C)c1ccc2nc(-c3ccc(-c4ccc(OC5CCC(C(=O)O)CC5)nc4)cc3F)[nH]c2c1. The van der Waals surface area contributed by atoms with E-state index in [0.29, 0.717) is 54.4 Å². The van der Waals surface area contributed by atoms with Gasteiger partial charge in [0.25, 0.3) is 0 Å². The molecular weight excluding hydrogens is 445 g/mol. The lowest BCUT2D eigenvalue weighted by molar-refractivity contribution is -0.143. The number of ether oxygens (including phenoxy) is 1. The van der Waals surface area contributed by atoms with Gasteiger partial charge < -0.3 is 14.8 Å². The smallest absolute Gasteiger partial charge is 0.306 e. The minimum absolute atomic E-state index is 0.0268. The summed E-state index contributed by atoms with van der Waals surface area (Å²) in [6, 6.07) is 14.8. The quantitative estimate of drug-likeness (QED) is 0.330. The molecule has 0 atom stereocenters. The van der Waals surface area contributed by atoms with Gasteiger partial charge in [-0.3, -0.25) is 4.79 Å². The minimum atomic E-state index is -0.732. The van der Waals surface area contributed by atoms with Crippen molar-refractivity contribution in [2.24, 2.45) is 5.92 Å². The third-order valence-electron chi connectivity index (χ3n) is 6.78. The van der Waals surface area contributed by atoms with Crippen LogP contribution in [0.15, 0.2) is 54.7 Å². The van der Waals surface area contributed by atoms with E-state index in [1.807, 2.05) is 18.2 Å². The van der Waals surface area contributed by atoms with Crippen LogP contribution in [0.3, 0.4) is 0 Å². The summed E-state index contributed by atoms with van der Waals surface area (Å²) in [7, 11) is 0. The van der Waals surface area contributed by atoms with Gasteiger partial charge in [-0.15, -0.1) is 0 Å². The van der Waals surface area contributed by atoms with Crippen molar-refractivity contribution in [1.29, 1.82) is 0 Å². The molecule has 0 radical (unpaired) electrons. The van der Waals surface area contributed by atoms with Crippen molar-refractivity contribution in [1.82, 2.24) is 15.0 Å². The molecule has 1 fully saturated rings. The number of imidazole rings is 1. The van der Waals surface area contributed by atoms with Crippen LogP contribution >= 0.6 is 0 Å². The van der Waals surface area contributed by atoms with E-state index in [1.54, 1.807) is 18.3 Å². The van der Waals surface area contributed by atoms with Crippen molar-refractivity contribution >= 4 is 17.0 Å². The van der Waals surface area contributed by atoms with Crippen LogP contribution < -0.4 is 4.74 Å². The zero-order chi connectivity index (χ0) is 24.5. The number of benzene rings is 2. The summed E-state index contributed by atoms with van der Waals surface area (Å²) in [5.74, 6) is 0.0303. The molecule has 5 rings (SSSR count). The number of carbonyl (C=O) groups is 1. The van der Waals surface area contributed by atoms with Crippen molar-refractivity contribution < 1.29 is 19.0 Å². The minimum Gasteiger partial charge on any atom is -0.481 e. The van der Waals surface area contributed by atoms with Gasteiger partial charge >= 0.3 is 5.97 Å². The van der Waals surface area contributed by atoms with Crippen LogP contribution in [-0.2, 0) is 4.79 Å². The van der Waals surface area contributed by atoms with Crippen molar-refractivity contribution in [3.05, 3.63) is 66.1 Å². The average molecular weight is 474 g/mol. The lowest BCUT2D eigenvalue weighted by atomic mass is 9.87. The van der Waals surface area contributed by atoms with Crippen LogP contribution in [0.1, 0.15) is 51.0 Å². The van der Waals surface area contributed by atoms with Crippen LogP contribution in [-0.4, -0.2) is 32.1 Å². The molecule has 0 aliphatic heterocycles. The fraction of sp³-hybridized carbons (Fsp3) is 0.321. The maximum absolute atomic E-state index is 15.1. The number of aromatic nitrogens is 3. The van der Waals surface area contributed by atoms with Gasteiger partial charge in [0.05, 0.1) is 22.5 Å². The topological polar surface area (TPSA) is 88.1 Å². The predicted octanol–water partition coefficient (Wildman–Crippen LogP) is 6.58. The van der Waals surface area contributed by atoms with Crippen molar-refractivity contribution in [3.8, 4) is 28.4 Å². The van der Waals surface area contributed by atoms with E-state index in [0.717, 1.165) is 16.6 Å². The average Bonchev–Trinajstić information content (AvgIpc) is 3.28. The third kappa shape index (κ3) is 4.90. The molecule has 0 bridgehead atoms. The first-order valence-electron chi connectivity index (χ1n) is 12.0. The number of carboxylic acid groups (broad SMARTS) is 1. The number of fused-ring (bicyclic) bond motifs is 1. The summed E-state index contributed by atoms with van der Waals surface area (Å²) in [5.41, 5.74) is 4.82. The zero-order valence-corrected chi connectivity index (χ0v) is 19.8. The maximum atomic E-state index is 15.1. The molecule has 4 aromatic rings. The summed E-state index contributed by atoms with van der Waals surface area (Å²) in [6.45, 7) is 4.27. The Labute approximate surface area is 203 Å². The lowest BCUT2D eigenvalue weighted by Crippen LogP contribution is -2.28. The van der Waals surface area contributed by atoms with Crippen molar-refractivity contribution in [2.75, 3.05) is 0 Å². The second-order valence-electron chi connectivity index (χ2n) is 9.53. The Morgan fingerprint density at radius 1 is 1.06 bits per heavy atom. The molecule has 0 unspecified atom stereocenters. The van der Waals surface area contributed by atoms with Crippen molar-refractivity contribution in [2.45, 2.75) is 51.6 Å². The van der Waals surface area contributed by atoms with Crippen molar-refractivity contribution in [3.63, 3.8) is 0 Å². The molecule has 180 valence electrons. The first-order chi connectivity index (χ1) is 16.9. The fourth-order valence-corrected chi connectivity index (χ4v) is 4.62. The van der Waals surface area contributed by atoms with Gasteiger partial charge in [-0.1, -0.05) is 26.0 Å². The molecular formula is C28H28FN3O3. The third-order valence-corrected chi connectivity index (χ3v) is 6.78. The first kappa shape index (κ1) is 23.0. The van der Waals surface area contributed by atoms with Gasteiger partial charge in [0.15, 0.2) is 0 Å². The number of hydrogen-bond donors (Lipinski definition) is 2. The van der Waals surface area contributed by atoms with E-state index < -0.39 is 5.97 Å². The summed E-state index contributed by atoms with van der Waals surface area (Å²) in [5, 5.41) is 9.13. The molecule has 1 saturated carbocycles. The highest BCUT2D eigenvalue weighted by atomic mass is 19.1. The molecule has 0 amide bonds. The Bertz CT molecular complexity index is 1360. The van der Waals surface area contributed by atoms with Crippen LogP contribution in [0.2, 0.25) is 0 Å². The predicted molar refractivity (Wildman–Crippen MR) is 133 cm³/mol. The van der Waals surface area contributed by atoms with Gasteiger partial charge in [-0.25, -0.2) is 14.4 Å². The Kier molecular flexibility index (Phi) is 6.24. The number of halogens is 1. The van der Waals surface area contributed by atoms with E-state index in [1.165, 1.54) is 11.6 Å². The van der Waals surface area contributed by atoms with Gasteiger partial charge in [-0.2, -0.15) is 0 Å². The van der Waals surface area contributed by atoms with Crippen LogP contribution in [0.4, 0.5) is 4.39 Å². The van der Waals surface area contributed by atoms with Crippen LogP contribution in [0, 0.1) is 11.7 Å². The molecule has 35 heavy (non-hydrogen) atoms. The number of carboxylic acids is 1. The van der Waals surface area contributed by atoms with Gasteiger partial charge in [0, 0.05) is 17.8 Å². The second kappa shape index (κ2) is 9.49. The van der Waals surface area contributed by atoms with E-state index in [2.05, 4.69) is 40.9 Å². The summed E-state index contributed by atoms with van der Waals surface area (Å²) < 4.78 is 21.0. The largest absolute Gasteiger partial charge is 0.481 e. The lowest BCUT2D eigenvalue weighted by Gasteiger charge is -2.26. The molecule has 7 heteroatoms. The first-order valence-corrected chi connectivity index (χ1v) is 12.0. The zero-order valence-electron chi connectivity index (χ0n) is 19.8. The summed E-state index contributed by atoms with van der Waals surface area (Å²) >= 11 is 0. The molecule has 2 heterocycles.